The zero-order valence-corrected chi connectivity index (χ0v) is 11.7. The minimum Gasteiger partial charge on any atom is -0.392 e. The number of nitrogens with two attached hydrogens (primary N) is 1. The number of ether oxygens (including phenoxy) is 1. The summed E-state index contributed by atoms with van der Waals surface area (Å²) in [4.78, 5) is 23.9. The van der Waals surface area contributed by atoms with E-state index in [0.29, 0.717) is 0 Å². The van der Waals surface area contributed by atoms with E-state index in [9.17, 15) is 19.3 Å². The molecule has 8 heteroatoms. The molecule has 0 aliphatic carbocycles. The lowest BCUT2D eigenvalue weighted by molar-refractivity contribution is -0.384. The molecule has 2 rings (SSSR count). The number of rotatable bonds is 2. The second kappa shape index (κ2) is 5.65. The predicted molar refractivity (Wildman–Crippen MR) is 73.4 cm³/mol. The monoisotopic (exact) mass is 297 g/mol. The average molecular weight is 297 g/mol. The number of amides is 1. The molecule has 0 spiro atoms. The first-order chi connectivity index (χ1) is 9.81. The van der Waals surface area contributed by atoms with Gasteiger partial charge in [-0.25, -0.2) is 4.39 Å². The summed E-state index contributed by atoms with van der Waals surface area (Å²) >= 11 is 0. The molecule has 1 fully saturated rings. The van der Waals surface area contributed by atoms with E-state index in [4.69, 9.17) is 10.5 Å². The molecule has 0 aromatic heterocycles. The van der Waals surface area contributed by atoms with Gasteiger partial charge in [-0.3, -0.25) is 14.9 Å². The Bertz CT molecular complexity index is 583. The molecule has 0 saturated carbocycles. The third-order valence-electron chi connectivity index (χ3n) is 3.29. The molecule has 21 heavy (non-hydrogen) atoms. The molecule has 1 aromatic rings. The van der Waals surface area contributed by atoms with Gasteiger partial charge in [0.2, 0.25) is 0 Å². The van der Waals surface area contributed by atoms with Crippen molar-refractivity contribution in [3.63, 3.8) is 0 Å². The van der Waals surface area contributed by atoms with Gasteiger partial charge in [-0.2, -0.15) is 0 Å². The number of benzene rings is 1. The summed E-state index contributed by atoms with van der Waals surface area (Å²) in [6.07, 6.45) is -0.388. The molecule has 1 aromatic carbocycles. The lowest BCUT2D eigenvalue weighted by Gasteiger charge is -2.35. The first kappa shape index (κ1) is 15.2. The summed E-state index contributed by atoms with van der Waals surface area (Å²) in [7, 11) is 0. The van der Waals surface area contributed by atoms with Crippen LogP contribution in [0.5, 0.6) is 0 Å². The maximum Gasteiger partial charge on any atom is 0.293 e. The molecule has 2 N–H and O–H groups in total. The van der Waals surface area contributed by atoms with Gasteiger partial charge in [0.05, 0.1) is 17.1 Å². The number of carbonyl (C=O) groups is 1. The summed E-state index contributed by atoms with van der Waals surface area (Å²) in [5.41, 5.74) is 4.22. The molecule has 114 valence electrons. The van der Waals surface area contributed by atoms with E-state index in [2.05, 4.69) is 0 Å². The summed E-state index contributed by atoms with van der Waals surface area (Å²) in [5, 5.41) is 10.8. The molecular formula is C13H16FN3O4. The summed E-state index contributed by atoms with van der Waals surface area (Å²) in [6.45, 7) is 4.15. The second-order valence-electron chi connectivity index (χ2n) is 5.08. The van der Waals surface area contributed by atoms with Crippen LogP contribution >= 0.6 is 0 Å². The highest BCUT2D eigenvalue weighted by Crippen LogP contribution is 2.29. The predicted octanol–water partition coefficient (Wildman–Crippen LogP) is 1.57. The number of nitro benzene ring substituents is 1. The van der Waals surface area contributed by atoms with E-state index in [1.807, 2.05) is 0 Å². The van der Waals surface area contributed by atoms with Crippen molar-refractivity contribution < 1.29 is 18.8 Å². The minimum atomic E-state index is -0.866. The van der Waals surface area contributed by atoms with Gasteiger partial charge in [0.15, 0.2) is 0 Å². The van der Waals surface area contributed by atoms with Gasteiger partial charge >= 0.3 is 0 Å². The van der Waals surface area contributed by atoms with Crippen molar-refractivity contribution in [3.05, 3.63) is 33.6 Å². The third-order valence-corrected chi connectivity index (χ3v) is 3.29. The number of hydrogen-bond donors (Lipinski definition) is 1. The molecule has 1 saturated heterocycles. The lowest BCUT2D eigenvalue weighted by Crippen LogP contribution is -2.48. The SMILES string of the molecule is CC1CN(C(=O)c2c(F)ccc([N+](=O)[O-])c2N)CC(C)O1. The topological polar surface area (TPSA) is 98.7 Å². The maximum atomic E-state index is 13.9. The van der Waals surface area contributed by atoms with Crippen molar-refractivity contribution in [2.45, 2.75) is 26.1 Å². The van der Waals surface area contributed by atoms with Gasteiger partial charge < -0.3 is 15.4 Å². The number of morpholine rings is 1. The zero-order chi connectivity index (χ0) is 15.7. The molecule has 1 aliphatic rings. The standard InChI is InChI=1S/C13H16FN3O4/c1-7-5-16(6-8(2)21-7)13(18)11-9(14)3-4-10(12(11)15)17(19)20/h3-4,7-8H,5-6,15H2,1-2H3. The number of halogens is 1. The van der Waals surface area contributed by atoms with Crippen LogP contribution in [0.3, 0.4) is 0 Å². The summed E-state index contributed by atoms with van der Waals surface area (Å²) in [5.74, 6) is -1.52. The fraction of sp³-hybridized carbons (Fsp3) is 0.462. The van der Waals surface area contributed by atoms with Crippen LogP contribution in [-0.2, 0) is 4.74 Å². The van der Waals surface area contributed by atoms with Crippen molar-refractivity contribution in [1.82, 2.24) is 4.90 Å². The van der Waals surface area contributed by atoms with Gasteiger partial charge in [-0.15, -0.1) is 0 Å². The van der Waals surface area contributed by atoms with Crippen LogP contribution in [0.2, 0.25) is 0 Å². The van der Waals surface area contributed by atoms with Crippen LogP contribution in [-0.4, -0.2) is 41.0 Å². The highest BCUT2D eigenvalue weighted by molar-refractivity contribution is 6.01. The van der Waals surface area contributed by atoms with Gasteiger partial charge in [0, 0.05) is 19.2 Å². The van der Waals surface area contributed by atoms with Crippen molar-refractivity contribution in [1.29, 1.82) is 0 Å². The molecular weight excluding hydrogens is 281 g/mol. The Morgan fingerprint density at radius 1 is 1.43 bits per heavy atom. The van der Waals surface area contributed by atoms with Crippen LogP contribution in [0.1, 0.15) is 24.2 Å². The smallest absolute Gasteiger partial charge is 0.293 e. The quantitative estimate of drug-likeness (QED) is 0.507. The fourth-order valence-electron chi connectivity index (χ4n) is 2.46. The number of nitrogen functional groups attached to an aromatic ring is 1. The molecule has 2 atom stereocenters. The molecule has 0 radical (unpaired) electrons. The van der Waals surface area contributed by atoms with Crippen LogP contribution in [0.25, 0.3) is 0 Å². The Labute approximate surface area is 120 Å². The Hall–Kier alpha value is -2.22. The number of carbonyl (C=O) groups excluding carboxylic acids is 1. The van der Waals surface area contributed by atoms with Crippen molar-refractivity contribution in [2.24, 2.45) is 0 Å². The fourth-order valence-corrected chi connectivity index (χ4v) is 2.46. The molecule has 1 aliphatic heterocycles. The first-order valence-electron chi connectivity index (χ1n) is 6.48. The summed E-state index contributed by atoms with van der Waals surface area (Å²) in [6, 6.07) is 1.83. The Morgan fingerprint density at radius 3 is 2.52 bits per heavy atom. The number of anilines is 1. The molecule has 0 bridgehead atoms. The van der Waals surface area contributed by atoms with Gasteiger partial charge in [-0.05, 0) is 19.9 Å². The Morgan fingerprint density at radius 2 is 2.00 bits per heavy atom. The van der Waals surface area contributed by atoms with Crippen molar-refractivity contribution in [2.75, 3.05) is 18.8 Å². The number of nitro groups is 1. The minimum absolute atomic E-state index is 0.194. The lowest BCUT2D eigenvalue weighted by atomic mass is 10.1. The van der Waals surface area contributed by atoms with Crippen molar-refractivity contribution >= 4 is 17.3 Å². The maximum absolute atomic E-state index is 13.9. The van der Waals surface area contributed by atoms with Gasteiger partial charge in [0.25, 0.3) is 11.6 Å². The van der Waals surface area contributed by atoms with Gasteiger partial charge in [-0.1, -0.05) is 0 Å². The van der Waals surface area contributed by atoms with E-state index in [1.54, 1.807) is 13.8 Å². The Kier molecular flexibility index (Phi) is 4.08. The van der Waals surface area contributed by atoms with Crippen LogP contribution in [0.15, 0.2) is 12.1 Å². The highest BCUT2D eigenvalue weighted by Gasteiger charge is 2.31. The van der Waals surface area contributed by atoms with E-state index in [0.717, 1.165) is 12.1 Å². The van der Waals surface area contributed by atoms with E-state index in [1.165, 1.54) is 4.90 Å². The normalized spacial score (nSPS) is 22.1. The van der Waals surface area contributed by atoms with Crippen LogP contribution in [0, 0.1) is 15.9 Å². The third kappa shape index (κ3) is 2.94. The molecule has 1 amide bonds. The van der Waals surface area contributed by atoms with E-state index in [-0.39, 0.29) is 25.3 Å². The van der Waals surface area contributed by atoms with Gasteiger partial charge in [0.1, 0.15) is 17.1 Å². The largest absolute Gasteiger partial charge is 0.392 e. The number of hydrogen-bond acceptors (Lipinski definition) is 5. The van der Waals surface area contributed by atoms with Crippen LogP contribution in [0.4, 0.5) is 15.8 Å². The zero-order valence-electron chi connectivity index (χ0n) is 11.7. The molecule has 7 nitrogen and oxygen atoms in total. The van der Waals surface area contributed by atoms with Crippen molar-refractivity contribution in [3.8, 4) is 0 Å². The molecule has 1 heterocycles. The average Bonchev–Trinajstić information content (AvgIpc) is 2.36. The summed E-state index contributed by atoms with van der Waals surface area (Å²) < 4.78 is 19.4. The first-order valence-corrected chi connectivity index (χ1v) is 6.48. The number of nitrogens with zero attached hydrogens (tertiary/aromatic N) is 2. The second-order valence-corrected chi connectivity index (χ2v) is 5.08. The highest BCUT2D eigenvalue weighted by atomic mass is 19.1. The van der Waals surface area contributed by atoms with E-state index < -0.39 is 33.6 Å². The Balaban J connectivity index is 2.39. The van der Waals surface area contributed by atoms with E-state index >= 15 is 0 Å². The molecule has 2 unspecified atom stereocenters. The van der Waals surface area contributed by atoms with Crippen LogP contribution < -0.4 is 5.73 Å².